The summed E-state index contributed by atoms with van der Waals surface area (Å²) in [4.78, 5) is 4.24. The van der Waals surface area contributed by atoms with Crippen molar-refractivity contribution in [1.29, 1.82) is 0 Å². The highest BCUT2D eigenvalue weighted by molar-refractivity contribution is 6.32. The Morgan fingerprint density at radius 2 is 2.12 bits per heavy atom. The molecule has 1 aromatic heterocycles. The Hall–Kier alpha value is -1.39. The molecule has 0 fully saturated rings. The van der Waals surface area contributed by atoms with E-state index in [0.29, 0.717) is 17.6 Å². The lowest BCUT2D eigenvalue weighted by atomic mass is 10.3. The molecule has 1 N–H and O–H groups in total. The molecule has 0 saturated carbocycles. The average Bonchev–Trinajstić information content (AvgIpc) is 2.75. The van der Waals surface area contributed by atoms with Crippen LogP contribution in [-0.4, -0.2) is 20.8 Å². The molecule has 17 heavy (non-hydrogen) atoms. The maximum absolute atomic E-state index is 6.14. The van der Waals surface area contributed by atoms with Crippen LogP contribution in [0.3, 0.4) is 0 Å². The van der Waals surface area contributed by atoms with Gasteiger partial charge in [0.15, 0.2) is 0 Å². The van der Waals surface area contributed by atoms with Gasteiger partial charge in [-0.15, -0.1) is 0 Å². The molecular formula is C12H15ClN4. The monoisotopic (exact) mass is 250 g/mol. The molecule has 1 aromatic carbocycles. The summed E-state index contributed by atoms with van der Waals surface area (Å²) in [5.41, 5.74) is 0.854. The second-order valence-corrected chi connectivity index (χ2v) is 4.48. The van der Waals surface area contributed by atoms with Gasteiger partial charge in [-0.25, -0.2) is 9.67 Å². The highest BCUT2D eigenvalue weighted by Gasteiger charge is 2.09. The van der Waals surface area contributed by atoms with Gasteiger partial charge in [0.25, 0.3) is 0 Å². The predicted molar refractivity (Wildman–Crippen MR) is 68.3 cm³/mol. The van der Waals surface area contributed by atoms with Crippen molar-refractivity contribution in [2.45, 2.75) is 26.4 Å². The number of hydrogen-bond donors (Lipinski definition) is 1. The van der Waals surface area contributed by atoms with E-state index >= 15 is 0 Å². The Morgan fingerprint density at radius 3 is 2.82 bits per heavy atom. The van der Waals surface area contributed by atoms with E-state index in [2.05, 4.69) is 29.2 Å². The molecular weight excluding hydrogens is 236 g/mol. The molecule has 0 aliphatic rings. The summed E-state index contributed by atoms with van der Waals surface area (Å²) in [6.07, 6.45) is 1.54. The molecule has 0 spiro atoms. The van der Waals surface area contributed by atoms with E-state index in [1.54, 1.807) is 11.0 Å². The quantitative estimate of drug-likeness (QED) is 0.906. The molecule has 0 atom stereocenters. The van der Waals surface area contributed by atoms with Crippen molar-refractivity contribution in [3.05, 3.63) is 41.4 Å². The zero-order chi connectivity index (χ0) is 12.3. The third kappa shape index (κ3) is 2.84. The van der Waals surface area contributed by atoms with E-state index < -0.39 is 0 Å². The summed E-state index contributed by atoms with van der Waals surface area (Å²) in [5.74, 6) is 0.854. The first-order valence-electron chi connectivity index (χ1n) is 5.55. The van der Waals surface area contributed by atoms with Gasteiger partial charge in [-0.3, -0.25) is 0 Å². The van der Waals surface area contributed by atoms with Crippen LogP contribution < -0.4 is 5.32 Å². The van der Waals surface area contributed by atoms with Gasteiger partial charge in [-0.05, 0) is 12.1 Å². The Bertz CT molecular complexity index is 493. The molecule has 4 nitrogen and oxygen atoms in total. The predicted octanol–water partition coefficient (Wildman–Crippen LogP) is 2.42. The number of para-hydroxylation sites is 1. The number of nitrogens with one attached hydrogen (secondary N) is 1. The van der Waals surface area contributed by atoms with Crippen LogP contribution in [0.2, 0.25) is 5.02 Å². The van der Waals surface area contributed by atoms with Crippen LogP contribution in [0.4, 0.5) is 0 Å². The molecule has 0 unspecified atom stereocenters. The van der Waals surface area contributed by atoms with Gasteiger partial charge < -0.3 is 5.32 Å². The Morgan fingerprint density at radius 1 is 1.35 bits per heavy atom. The van der Waals surface area contributed by atoms with Gasteiger partial charge in [0.05, 0.1) is 17.3 Å². The molecule has 2 rings (SSSR count). The smallest absolute Gasteiger partial charge is 0.146 e. The van der Waals surface area contributed by atoms with Crippen molar-refractivity contribution >= 4 is 11.6 Å². The molecule has 0 bridgehead atoms. The zero-order valence-electron chi connectivity index (χ0n) is 9.89. The van der Waals surface area contributed by atoms with Crippen LogP contribution in [0.5, 0.6) is 0 Å². The Kier molecular flexibility index (Phi) is 3.76. The molecule has 0 aliphatic carbocycles. The number of rotatable bonds is 4. The topological polar surface area (TPSA) is 42.7 Å². The molecule has 2 aromatic rings. The van der Waals surface area contributed by atoms with Gasteiger partial charge in [0, 0.05) is 6.04 Å². The molecule has 0 amide bonds. The number of benzene rings is 1. The fourth-order valence-corrected chi connectivity index (χ4v) is 1.72. The summed E-state index contributed by atoms with van der Waals surface area (Å²) in [6, 6.07) is 8.01. The normalized spacial score (nSPS) is 11.1. The molecule has 0 saturated heterocycles. The fourth-order valence-electron chi connectivity index (χ4n) is 1.51. The van der Waals surface area contributed by atoms with E-state index in [0.717, 1.165) is 11.5 Å². The van der Waals surface area contributed by atoms with Crippen LogP contribution in [0.15, 0.2) is 30.6 Å². The summed E-state index contributed by atoms with van der Waals surface area (Å²) >= 11 is 6.14. The highest BCUT2D eigenvalue weighted by atomic mass is 35.5. The summed E-state index contributed by atoms with van der Waals surface area (Å²) in [6.45, 7) is 4.86. The fraction of sp³-hybridized carbons (Fsp3) is 0.333. The lowest BCUT2D eigenvalue weighted by molar-refractivity contribution is 0.563. The Balaban J connectivity index is 2.28. The van der Waals surface area contributed by atoms with Crippen molar-refractivity contribution in [1.82, 2.24) is 20.1 Å². The van der Waals surface area contributed by atoms with E-state index in [1.807, 2.05) is 24.3 Å². The van der Waals surface area contributed by atoms with Crippen LogP contribution in [-0.2, 0) is 6.54 Å². The lowest BCUT2D eigenvalue weighted by Crippen LogP contribution is -2.24. The molecule has 0 aliphatic heterocycles. The van der Waals surface area contributed by atoms with Gasteiger partial charge in [0.2, 0.25) is 0 Å². The van der Waals surface area contributed by atoms with Crippen LogP contribution in [0, 0.1) is 0 Å². The number of halogens is 1. The van der Waals surface area contributed by atoms with Gasteiger partial charge in [0.1, 0.15) is 12.2 Å². The average molecular weight is 251 g/mol. The first kappa shape index (κ1) is 12.1. The first-order valence-corrected chi connectivity index (χ1v) is 5.93. The number of aromatic nitrogens is 3. The van der Waals surface area contributed by atoms with Crippen molar-refractivity contribution in [3.63, 3.8) is 0 Å². The second-order valence-electron chi connectivity index (χ2n) is 4.08. The van der Waals surface area contributed by atoms with Gasteiger partial charge >= 0.3 is 0 Å². The summed E-state index contributed by atoms with van der Waals surface area (Å²) < 4.78 is 1.76. The largest absolute Gasteiger partial charge is 0.308 e. The minimum Gasteiger partial charge on any atom is -0.308 e. The molecule has 0 radical (unpaired) electrons. The minimum absolute atomic E-state index is 0.409. The molecule has 5 heteroatoms. The third-order valence-corrected chi connectivity index (χ3v) is 2.69. The summed E-state index contributed by atoms with van der Waals surface area (Å²) in [5, 5.41) is 8.19. The highest BCUT2D eigenvalue weighted by Crippen LogP contribution is 2.19. The third-order valence-electron chi connectivity index (χ3n) is 2.37. The minimum atomic E-state index is 0.409. The first-order chi connectivity index (χ1) is 8.18. The maximum Gasteiger partial charge on any atom is 0.146 e. The van der Waals surface area contributed by atoms with E-state index in [1.165, 1.54) is 0 Å². The molecule has 1 heterocycles. The van der Waals surface area contributed by atoms with E-state index in [4.69, 9.17) is 11.6 Å². The van der Waals surface area contributed by atoms with Gasteiger partial charge in [-0.1, -0.05) is 37.6 Å². The lowest BCUT2D eigenvalue weighted by Gasteiger charge is -2.10. The summed E-state index contributed by atoms with van der Waals surface area (Å²) in [7, 11) is 0. The number of hydrogen-bond acceptors (Lipinski definition) is 3. The van der Waals surface area contributed by atoms with Crippen molar-refractivity contribution in [2.75, 3.05) is 0 Å². The van der Waals surface area contributed by atoms with Crippen molar-refractivity contribution < 1.29 is 0 Å². The van der Waals surface area contributed by atoms with Crippen LogP contribution in [0.1, 0.15) is 19.7 Å². The van der Waals surface area contributed by atoms with Crippen LogP contribution in [0.25, 0.3) is 5.69 Å². The van der Waals surface area contributed by atoms with E-state index in [-0.39, 0.29) is 0 Å². The SMILES string of the molecule is CC(C)NCc1ncnn1-c1ccccc1Cl. The number of nitrogens with zero attached hydrogens (tertiary/aromatic N) is 3. The molecule has 90 valence electrons. The van der Waals surface area contributed by atoms with E-state index in [9.17, 15) is 0 Å². The zero-order valence-corrected chi connectivity index (χ0v) is 10.6. The second kappa shape index (κ2) is 5.29. The van der Waals surface area contributed by atoms with Crippen molar-refractivity contribution in [3.8, 4) is 5.69 Å². The van der Waals surface area contributed by atoms with Gasteiger partial charge in [-0.2, -0.15) is 5.10 Å². The van der Waals surface area contributed by atoms with Crippen molar-refractivity contribution in [2.24, 2.45) is 0 Å². The van der Waals surface area contributed by atoms with Crippen LogP contribution >= 0.6 is 11.6 Å². The Labute approximate surface area is 106 Å². The standard InChI is InChI=1S/C12H15ClN4/c1-9(2)14-7-12-15-8-16-17(12)11-6-4-3-5-10(11)13/h3-6,8-9,14H,7H2,1-2H3. The maximum atomic E-state index is 6.14.